The van der Waals surface area contributed by atoms with E-state index in [-0.39, 0.29) is 23.5 Å². The molecule has 0 radical (unpaired) electrons. The van der Waals surface area contributed by atoms with Gasteiger partial charge in [-0.2, -0.15) is 5.10 Å². The number of aryl methyl sites for hydroxylation is 1. The number of ether oxygens (including phenoxy) is 1. The first-order valence-corrected chi connectivity index (χ1v) is 11.4. The van der Waals surface area contributed by atoms with Gasteiger partial charge in [0.15, 0.2) is 11.3 Å². The number of nitrogen functional groups attached to an aromatic ring is 1. The molecule has 3 N–H and O–H groups in total. The molecule has 0 bridgehead atoms. The lowest BCUT2D eigenvalue weighted by atomic mass is 10.1. The number of amides is 3. The Labute approximate surface area is 207 Å². The van der Waals surface area contributed by atoms with Crippen LogP contribution in [0.3, 0.4) is 0 Å². The van der Waals surface area contributed by atoms with Crippen molar-refractivity contribution in [2.75, 3.05) is 38.2 Å². The second kappa shape index (κ2) is 10.0. The Morgan fingerprint density at radius 1 is 1.28 bits per heavy atom. The number of fused-ring (bicyclic) bond motifs is 1. The van der Waals surface area contributed by atoms with Crippen LogP contribution in [0.15, 0.2) is 37.2 Å². The third kappa shape index (κ3) is 4.83. The van der Waals surface area contributed by atoms with Gasteiger partial charge < -0.3 is 25.6 Å². The van der Waals surface area contributed by atoms with E-state index in [0.29, 0.717) is 41.1 Å². The number of rotatable bonds is 5. The summed E-state index contributed by atoms with van der Waals surface area (Å²) in [5, 5.41) is 7.73. The van der Waals surface area contributed by atoms with Crippen LogP contribution in [0, 0.1) is 6.92 Å². The Balaban J connectivity index is 1.62. The molecule has 0 spiro atoms. The van der Waals surface area contributed by atoms with E-state index in [0.717, 1.165) is 12.8 Å². The largest absolute Gasteiger partial charge is 0.414 e. The SMILES string of the molecule is C=CC(=O)N1CCCC(n2nc(C(=O)Nc3ccc(OC(=O)N(C)C)c(C)c3)c3c(N)ncnc32)C1. The molecule has 12 heteroatoms. The predicted molar refractivity (Wildman–Crippen MR) is 134 cm³/mol. The molecule has 1 aromatic carbocycles. The Bertz CT molecular complexity index is 1350. The van der Waals surface area contributed by atoms with Crippen LogP contribution in [-0.2, 0) is 4.79 Å². The van der Waals surface area contributed by atoms with Crippen LogP contribution in [0.5, 0.6) is 5.75 Å². The Hall–Kier alpha value is -4.48. The summed E-state index contributed by atoms with van der Waals surface area (Å²) in [5.74, 6) is -0.130. The maximum Gasteiger partial charge on any atom is 0.414 e. The van der Waals surface area contributed by atoms with Crippen molar-refractivity contribution in [3.05, 3.63) is 48.4 Å². The molecule has 1 aliphatic heterocycles. The number of likely N-dealkylation sites (tertiary alicyclic amines) is 1. The van der Waals surface area contributed by atoms with Crippen molar-refractivity contribution in [2.45, 2.75) is 25.8 Å². The number of aromatic nitrogens is 4. The zero-order chi connectivity index (χ0) is 26.0. The molecule has 0 aliphatic carbocycles. The van der Waals surface area contributed by atoms with Gasteiger partial charge in [0.05, 0.1) is 11.4 Å². The highest BCUT2D eigenvalue weighted by Gasteiger charge is 2.29. The monoisotopic (exact) mass is 492 g/mol. The number of carbonyl (C=O) groups excluding carboxylic acids is 3. The third-order valence-corrected chi connectivity index (χ3v) is 5.96. The summed E-state index contributed by atoms with van der Waals surface area (Å²) in [5.41, 5.74) is 7.78. The number of benzene rings is 1. The van der Waals surface area contributed by atoms with Crippen LogP contribution < -0.4 is 15.8 Å². The summed E-state index contributed by atoms with van der Waals surface area (Å²) >= 11 is 0. The molecular formula is C24H28N8O4. The zero-order valence-electron chi connectivity index (χ0n) is 20.4. The topological polar surface area (TPSA) is 149 Å². The molecule has 12 nitrogen and oxygen atoms in total. The normalized spacial score (nSPS) is 15.4. The average Bonchev–Trinajstić information content (AvgIpc) is 3.26. The van der Waals surface area contributed by atoms with Gasteiger partial charge in [0.1, 0.15) is 17.9 Å². The second-order valence-corrected chi connectivity index (χ2v) is 8.73. The maximum atomic E-state index is 13.3. The number of hydrogen-bond donors (Lipinski definition) is 2. The van der Waals surface area contributed by atoms with Gasteiger partial charge in [0, 0.05) is 32.9 Å². The van der Waals surface area contributed by atoms with E-state index in [9.17, 15) is 14.4 Å². The lowest BCUT2D eigenvalue weighted by Gasteiger charge is -2.32. The first-order chi connectivity index (χ1) is 17.2. The molecule has 1 fully saturated rings. The fourth-order valence-corrected chi connectivity index (χ4v) is 4.11. The molecule has 3 amide bonds. The summed E-state index contributed by atoms with van der Waals surface area (Å²) < 4.78 is 6.97. The minimum Gasteiger partial charge on any atom is -0.410 e. The molecule has 188 valence electrons. The van der Waals surface area contributed by atoms with Crippen LogP contribution in [0.2, 0.25) is 0 Å². The molecule has 1 aliphatic rings. The van der Waals surface area contributed by atoms with E-state index >= 15 is 0 Å². The summed E-state index contributed by atoms with van der Waals surface area (Å²) in [6.45, 7) is 6.38. The molecule has 3 heterocycles. The van der Waals surface area contributed by atoms with E-state index in [1.54, 1.807) is 48.8 Å². The lowest BCUT2D eigenvalue weighted by molar-refractivity contribution is -0.127. The molecule has 36 heavy (non-hydrogen) atoms. The minimum atomic E-state index is -0.501. The van der Waals surface area contributed by atoms with Gasteiger partial charge in [-0.3, -0.25) is 9.59 Å². The Morgan fingerprint density at radius 2 is 2.06 bits per heavy atom. The van der Waals surface area contributed by atoms with Gasteiger partial charge in [0.25, 0.3) is 5.91 Å². The number of hydrogen-bond acceptors (Lipinski definition) is 8. The quantitative estimate of drug-likeness (QED) is 0.516. The predicted octanol–water partition coefficient (Wildman–Crippen LogP) is 2.38. The highest BCUT2D eigenvalue weighted by Crippen LogP contribution is 2.29. The average molecular weight is 493 g/mol. The first-order valence-electron chi connectivity index (χ1n) is 11.4. The number of nitrogens with two attached hydrogens (primary N) is 1. The van der Waals surface area contributed by atoms with Crippen molar-refractivity contribution in [3.63, 3.8) is 0 Å². The summed E-state index contributed by atoms with van der Waals surface area (Å²) in [4.78, 5) is 48.7. The molecule has 0 saturated carbocycles. The molecule has 2 aromatic heterocycles. The Morgan fingerprint density at radius 3 is 2.75 bits per heavy atom. The Kier molecular flexibility index (Phi) is 6.86. The number of anilines is 2. The van der Waals surface area contributed by atoms with Crippen LogP contribution in [-0.4, -0.2) is 74.6 Å². The van der Waals surface area contributed by atoms with Gasteiger partial charge in [-0.15, -0.1) is 0 Å². The lowest BCUT2D eigenvalue weighted by Crippen LogP contribution is -2.40. The van der Waals surface area contributed by atoms with Gasteiger partial charge in [-0.05, 0) is 49.6 Å². The van der Waals surface area contributed by atoms with Gasteiger partial charge in [0.2, 0.25) is 5.91 Å². The highest BCUT2D eigenvalue weighted by atomic mass is 16.6. The van der Waals surface area contributed by atoms with Crippen molar-refractivity contribution >= 4 is 40.4 Å². The van der Waals surface area contributed by atoms with E-state index < -0.39 is 12.0 Å². The van der Waals surface area contributed by atoms with Crippen molar-refractivity contribution in [2.24, 2.45) is 0 Å². The van der Waals surface area contributed by atoms with Gasteiger partial charge >= 0.3 is 6.09 Å². The molecule has 1 saturated heterocycles. The van der Waals surface area contributed by atoms with Crippen molar-refractivity contribution in [1.82, 2.24) is 29.5 Å². The first kappa shape index (κ1) is 24.6. The highest BCUT2D eigenvalue weighted by molar-refractivity contribution is 6.13. The fraction of sp³-hybridized carbons (Fsp3) is 0.333. The van der Waals surface area contributed by atoms with E-state index in [2.05, 4.69) is 27.0 Å². The minimum absolute atomic E-state index is 0.0797. The van der Waals surface area contributed by atoms with E-state index in [1.165, 1.54) is 17.3 Å². The van der Waals surface area contributed by atoms with Crippen molar-refractivity contribution in [3.8, 4) is 5.75 Å². The van der Waals surface area contributed by atoms with Crippen molar-refractivity contribution in [1.29, 1.82) is 0 Å². The van der Waals surface area contributed by atoms with Gasteiger partial charge in [-0.1, -0.05) is 6.58 Å². The van der Waals surface area contributed by atoms with Gasteiger partial charge in [-0.25, -0.2) is 19.4 Å². The zero-order valence-corrected chi connectivity index (χ0v) is 20.4. The smallest absolute Gasteiger partial charge is 0.410 e. The standard InChI is InChI=1S/C24H28N8O4/c1-5-18(33)31-10-6-7-16(12-31)32-22-19(21(25)26-13-27-22)20(29-32)23(34)28-15-8-9-17(14(2)11-15)36-24(35)30(3)4/h5,8-9,11,13,16H,1,6-7,10,12H2,2-4H3,(H,28,34)(H2,25,26,27). The number of carbonyl (C=O) groups is 3. The fourth-order valence-electron chi connectivity index (χ4n) is 4.11. The molecule has 4 rings (SSSR count). The summed E-state index contributed by atoms with van der Waals surface area (Å²) in [6.07, 6.45) is 3.65. The number of nitrogens with one attached hydrogen (secondary N) is 1. The van der Waals surface area contributed by atoms with Crippen molar-refractivity contribution < 1.29 is 19.1 Å². The number of piperidine rings is 1. The van der Waals surface area contributed by atoms with Crippen LogP contribution >= 0.6 is 0 Å². The third-order valence-electron chi connectivity index (χ3n) is 5.96. The molecular weight excluding hydrogens is 464 g/mol. The number of nitrogens with zero attached hydrogens (tertiary/aromatic N) is 6. The van der Waals surface area contributed by atoms with Crippen LogP contribution in [0.1, 0.15) is 34.9 Å². The summed E-state index contributed by atoms with van der Waals surface area (Å²) in [7, 11) is 3.18. The van der Waals surface area contributed by atoms with Crippen LogP contribution in [0.4, 0.5) is 16.3 Å². The van der Waals surface area contributed by atoms with Crippen LogP contribution in [0.25, 0.3) is 11.0 Å². The van der Waals surface area contributed by atoms with E-state index in [1.807, 2.05) is 0 Å². The molecule has 3 aromatic rings. The molecule has 1 unspecified atom stereocenters. The molecule has 1 atom stereocenters. The maximum absolute atomic E-state index is 13.3. The second-order valence-electron chi connectivity index (χ2n) is 8.73. The van der Waals surface area contributed by atoms with E-state index in [4.69, 9.17) is 10.5 Å². The summed E-state index contributed by atoms with van der Waals surface area (Å²) in [6, 6.07) is 4.74.